The summed E-state index contributed by atoms with van der Waals surface area (Å²) in [6, 6.07) is 16.7. The number of hydrogen-bond donors (Lipinski definition) is 1. The summed E-state index contributed by atoms with van der Waals surface area (Å²) in [4.78, 5) is 27.8. The molecule has 0 aliphatic carbocycles. The van der Waals surface area contributed by atoms with E-state index in [1.54, 1.807) is 28.4 Å². The third kappa shape index (κ3) is 4.46. The van der Waals surface area contributed by atoms with Crippen LogP contribution >= 0.6 is 11.3 Å². The van der Waals surface area contributed by atoms with Gasteiger partial charge in [-0.15, -0.1) is 11.3 Å². The van der Waals surface area contributed by atoms with E-state index in [1.807, 2.05) is 47.8 Å². The second-order valence-electron chi connectivity index (χ2n) is 6.84. The van der Waals surface area contributed by atoms with E-state index in [0.29, 0.717) is 42.5 Å². The molecule has 4 rings (SSSR count). The number of benzene rings is 2. The standard InChI is InChI=1S/C23H22N2O4S/c1-16(26)19-6-2-3-7-20(19)24-14-23(27)25(15-18-5-4-12-30-18)17-8-9-21-22(13-17)29-11-10-28-21/h2-9,12-13,24H,10-11,14-15H2,1H3. The zero-order chi connectivity index (χ0) is 20.9. The molecule has 2 aromatic carbocycles. The van der Waals surface area contributed by atoms with E-state index < -0.39 is 0 Å². The Kier molecular flexibility index (Phi) is 5.99. The summed E-state index contributed by atoms with van der Waals surface area (Å²) in [5.41, 5.74) is 1.95. The van der Waals surface area contributed by atoms with Gasteiger partial charge in [-0.3, -0.25) is 9.59 Å². The van der Waals surface area contributed by atoms with Gasteiger partial charge in [0.15, 0.2) is 17.3 Å². The molecule has 6 nitrogen and oxygen atoms in total. The Morgan fingerprint density at radius 1 is 1.03 bits per heavy atom. The van der Waals surface area contributed by atoms with Gasteiger partial charge in [0.05, 0.1) is 13.1 Å². The topological polar surface area (TPSA) is 67.9 Å². The highest BCUT2D eigenvalue weighted by Gasteiger charge is 2.20. The van der Waals surface area contributed by atoms with Crippen molar-refractivity contribution in [2.24, 2.45) is 0 Å². The number of amides is 1. The van der Waals surface area contributed by atoms with Gasteiger partial charge in [0.1, 0.15) is 13.2 Å². The molecule has 30 heavy (non-hydrogen) atoms. The lowest BCUT2D eigenvalue weighted by Crippen LogP contribution is -2.35. The van der Waals surface area contributed by atoms with Crippen molar-refractivity contribution in [1.82, 2.24) is 0 Å². The lowest BCUT2D eigenvalue weighted by Gasteiger charge is -2.25. The zero-order valence-corrected chi connectivity index (χ0v) is 17.4. The molecule has 1 aliphatic rings. The fourth-order valence-electron chi connectivity index (χ4n) is 3.29. The van der Waals surface area contributed by atoms with Crippen molar-refractivity contribution >= 4 is 34.4 Å². The number of nitrogens with zero attached hydrogens (tertiary/aromatic N) is 1. The highest BCUT2D eigenvalue weighted by molar-refractivity contribution is 7.09. The number of thiophene rings is 1. The number of fused-ring (bicyclic) bond motifs is 1. The molecule has 1 amide bonds. The van der Waals surface area contributed by atoms with E-state index >= 15 is 0 Å². The summed E-state index contributed by atoms with van der Waals surface area (Å²) in [6.45, 7) is 3.03. The van der Waals surface area contributed by atoms with Gasteiger partial charge >= 0.3 is 0 Å². The minimum absolute atomic E-state index is 0.0483. The third-order valence-corrected chi connectivity index (χ3v) is 5.63. The number of rotatable bonds is 7. The average Bonchev–Trinajstić information content (AvgIpc) is 3.29. The quantitative estimate of drug-likeness (QED) is 0.573. The van der Waals surface area contributed by atoms with E-state index in [2.05, 4.69) is 5.32 Å². The van der Waals surface area contributed by atoms with Gasteiger partial charge in [-0.2, -0.15) is 0 Å². The second-order valence-corrected chi connectivity index (χ2v) is 7.87. The largest absolute Gasteiger partial charge is 0.486 e. The molecule has 0 atom stereocenters. The van der Waals surface area contributed by atoms with Crippen LogP contribution < -0.4 is 19.7 Å². The van der Waals surface area contributed by atoms with Crippen LogP contribution in [0.1, 0.15) is 22.2 Å². The van der Waals surface area contributed by atoms with Crippen molar-refractivity contribution in [3.05, 3.63) is 70.4 Å². The molecule has 0 spiro atoms. The summed E-state index contributed by atoms with van der Waals surface area (Å²) in [6.07, 6.45) is 0. The molecule has 1 N–H and O–H groups in total. The molecule has 0 saturated heterocycles. The average molecular weight is 423 g/mol. The van der Waals surface area contributed by atoms with Crippen molar-refractivity contribution in [2.75, 3.05) is 30.0 Å². The van der Waals surface area contributed by atoms with Crippen LogP contribution in [-0.4, -0.2) is 31.4 Å². The van der Waals surface area contributed by atoms with Gasteiger partial charge in [-0.05, 0) is 42.6 Å². The van der Waals surface area contributed by atoms with Gasteiger partial charge in [0.25, 0.3) is 0 Å². The van der Waals surface area contributed by atoms with Crippen molar-refractivity contribution in [2.45, 2.75) is 13.5 Å². The molecule has 1 aliphatic heterocycles. The zero-order valence-electron chi connectivity index (χ0n) is 16.6. The Balaban J connectivity index is 1.57. The first-order valence-corrected chi connectivity index (χ1v) is 10.6. The minimum atomic E-state index is -0.113. The SMILES string of the molecule is CC(=O)c1ccccc1NCC(=O)N(Cc1cccs1)c1ccc2c(c1)OCCO2. The van der Waals surface area contributed by atoms with Crippen LogP contribution in [0.15, 0.2) is 60.0 Å². The number of carbonyl (C=O) groups excluding carboxylic acids is 2. The fourth-order valence-corrected chi connectivity index (χ4v) is 3.99. The van der Waals surface area contributed by atoms with Gasteiger partial charge in [0, 0.05) is 27.9 Å². The molecular weight excluding hydrogens is 400 g/mol. The Morgan fingerprint density at radius 2 is 1.83 bits per heavy atom. The first-order valence-electron chi connectivity index (χ1n) is 9.68. The fraction of sp³-hybridized carbons (Fsp3) is 0.217. The Labute approximate surface area is 179 Å². The van der Waals surface area contributed by atoms with Crippen molar-refractivity contribution in [3.8, 4) is 11.5 Å². The number of nitrogens with one attached hydrogen (secondary N) is 1. The predicted octanol–water partition coefficient (Wildman–Crippen LogP) is 4.37. The Hall–Kier alpha value is -3.32. The van der Waals surface area contributed by atoms with Crippen LogP contribution in [0, 0.1) is 0 Å². The molecule has 0 unspecified atom stereocenters. The van der Waals surface area contributed by atoms with Crippen LogP contribution in [0.2, 0.25) is 0 Å². The number of para-hydroxylation sites is 1. The van der Waals surface area contributed by atoms with Crippen molar-refractivity contribution in [3.63, 3.8) is 0 Å². The number of Topliss-reactive ketones (excluding diaryl/α,β-unsaturated/α-hetero) is 1. The van der Waals surface area contributed by atoms with Crippen LogP contribution in [0.3, 0.4) is 0 Å². The molecule has 3 aromatic rings. The van der Waals surface area contributed by atoms with Crippen LogP contribution in [-0.2, 0) is 11.3 Å². The Morgan fingerprint density at radius 3 is 2.60 bits per heavy atom. The summed E-state index contributed by atoms with van der Waals surface area (Å²) in [5.74, 6) is 1.16. The van der Waals surface area contributed by atoms with Crippen LogP contribution in [0.5, 0.6) is 11.5 Å². The maximum atomic E-state index is 13.2. The first-order chi connectivity index (χ1) is 14.6. The maximum Gasteiger partial charge on any atom is 0.246 e. The number of ether oxygens (including phenoxy) is 2. The summed E-state index contributed by atoms with van der Waals surface area (Å²) >= 11 is 1.60. The number of anilines is 2. The molecule has 154 valence electrons. The van der Waals surface area contributed by atoms with Crippen molar-refractivity contribution in [1.29, 1.82) is 0 Å². The molecule has 0 bridgehead atoms. The minimum Gasteiger partial charge on any atom is -0.486 e. The van der Waals surface area contributed by atoms with E-state index in [4.69, 9.17) is 9.47 Å². The molecule has 0 saturated carbocycles. The van der Waals surface area contributed by atoms with Gasteiger partial charge in [-0.25, -0.2) is 0 Å². The normalized spacial score (nSPS) is 12.3. The molecule has 0 radical (unpaired) electrons. The van der Waals surface area contributed by atoms with Gasteiger partial charge < -0.3 is 19.7 Å². The molecule has 1 aromatic heterocycles. The predicted molar refractivity (Wildman–Crippen MR) is 118 cm³/mol. The number of carbonyl (C=O) groups is 2. The monoisotopic (exact) mass is 422 g/mol. The number of hydrogen-bond acceptors (Lipinski definition) is 6. The second kappa shape index (κ2) is 9.00. The first kappa shape index (κ1) is 20.0. The highest BCUT2D eigenvalue weighted by Crippen LogP contribution is 2.34. The van der Waals surface area contributed by atoms with E-state index in [-0.39, 0.29) is 18.2 Å². The summed E-state index contributed by atoms with van der Waals surface area (Å²) in [7, 11) is 0. The van der Waals surface area contributed by atoms with E-state index in [1.165, 1.54) is 6.92 Å². The Bertz CT molecular complexity index is 1050. The molecular formula is C23H22N2O4S. The van der Waals surface area contributed by atoms with Gasteiger partial charge in [0.2, 0.25) is 5.91 Å². The summed E-state index contributed by atoms with van der Waals surface area (Å²) < 4.78 is 11.3. The van der Waals surface area contributed by atoms with Gasteiger partial charge in [-0.1, -0.05) is 18.2 Å². The van der Waals surface area contributed by atoms with E-state index in [9.17, 15) is 9.59 Å². The van der Waals surface area contributed by atoms with Crippen LogP contribution in [0.25, 0.3) is 0 Å². The molecule has 0 fully saturated rings. The third-order valence-electron chi connectivity index (χ3n) is 4.77. The lowest BCUT2D eigenvalue weighted by atomic mass is 10.1. The molecule has 7 heteroatoms. The molecule has 2 heterocycles. The smallest absolute Gasteiger partial charge is 0.246 e. The lowest BCUT2D eigenvalue weighted by molar-refractivity contribution is -0.117. The van der Waals surface area contributed by atoms with Crippen molar-refractivity contribution < 1.29 is 19.1 Å². The van der Waals surface area contributed by atoms with Crippen LogP contribution in [0.4, 0.5) is 11.4 Å². The van der Waals surface area contributed by atoms with E-state index in [0.717, 1.165) is 10.6 Å². The number of ketones is 1. The maximum absolute atomic E-state index is 13.2. The highest BCUT2D eigenvalue weighted by atomic mass is 32.1. The summed E-state index contributed by atoms with van der Waals surface area (Å²) in [5, 5.41) is 5.11.